The number of nitrogens with zero attached hydrogens (tertiary/aromatic N) is 3. The lowest BCUT2D eigenvalue weighted by molar-refractivity contribution is -0.136. The molecule has 5 rings (SSSR count). The lowest BCUT2D eigenvalue weighted by Crippen LogP contribution is -2.54. The van der Waals surface area contributed by atoms with E-state index in [0.717, 1.165) is 16.2 Å². The monoisotopic (exact) mass is 540 g/mol. The molecule has 0 spiro atoms. The molecule has 12 heteroatoms. The van der Waals surface area contributed by atoms with Crippen LogP contribution >= 0.6 is 0 Å². The largest absolute Gasteiger partial charge is 0.368 e. The highest BCUT2D eigenvalue weighted by atomic mass is 32.2. The van der Waals surface area contributed by atoms with Crippen molar-refractivity contribution in [3.8, 4) is 0 Å². The van der Waals surface area contributed by atoms with Crippen molar-refractivity contribution in [2.24, 2.45) is 0 Å². The van der Waals surface area contributed by atoms with Crippen LogP contribution in [0.25, 0.3) is 0 Å². The molecular weight excluding hydrogens is 512 g/mol. The molecule has 2 aromatic rings. The Morgan fingerprint density at radius 3 is 2.29 bits per heavy atom. The van der Waals surface area contributed by atoms with Crippen molar-refractivity contribution in [1.29, 1.82) is 0 Å². The van der Waals surface area contributed by atoms with E-state index in [9.17, 15) is 27.6 Å². The number of carbonyl (C=O) groups excluding carboxylic acids is 4. The minimum absolute atomic E-state index is 0.0456. The van der Waals surface area contributed by atoms with E-state index in [2.05, 4.69) is 10.2 Å². The highest BCUT2D eigenvalue weighted by Crippen LogP contribution is 2.33. The third kappa shape index (κ3) is 4.54. The van der Waals surface area contributed by atoms with Gasteiger partial charge < -0.3 is 9.80 Å². The number of carbonyl (C=O) groups is 4. The third-order valence-electron chi connectivity index (χ3n) is 7.07. The number of nitrogens with one attached hydrogen (secondary N) is 1. The normalized spacial score (nSPS) is 20.2. The van der Waals surface area contributed by atoms with Gasteiger partial charge in [-0.1, -0.05) is 6.07 Å². The van der Waals surface area contributed by atoms with Crippen LogP contribution in [0.5, 0.6) is 0 Å². The second kappa shape index (κ2) is 9.84. The first-order chi connectivity index (χ1) is 18.1. The number of anilines is 2. The van der Waals surface area contributed by atoms with Crippen molar-refractivity contribution >= 4 is 45.1 Å². The number of imide groups is 2. The van der Waals surface area contributed by atoms with E-state index in [1.165, 1.54) is 0 Å². The fraction of sp³-hybridized carbons (Fsp3) is 0.385. The van der Waals surface area contributed by atoms with Crippen LogP contribution in [0.4, 0.5) is 11.4 Å². The molecule has 0 aromatic heterocycles. The van der Waals surface area contributed by atoms with Gasteiger partial charge in [-0.05, 0) is 56.2 Å². The summed E-state index contributed by atoms with van der Waals surface area (Å²) < 4.78 is 30.4. The average Bonchev–Trinajstić information content (AvgIpc) is 3.13. The Morgan fingerprint density at radius 2 is 1.61 bits per heavy atom. The first kappa shape index (κ1) is 25.9. The lowest BCUT2D eigenvalue weighted by atomic mass is 10.0. The number of benzene rings is 2. The SMILES string of the molecule is CCOS(=O)(=O)c1ccc(C)cc1N1CCN(c2ccc3c(c2)C(=O)N(C2CCC(=O)NC2=O)C3=O)CC1. The van der Waals surface area contributed by atoms with Crippen LogP contribution in [-0.4, -0.2) is 75.8 Å². The summed E-state index contributed by atoms with van der Waals surface area (Å²) in [6, 6.07) is 9.16. The maximum Gasteiger partial charge on any atom is 0.299 e. The summed E-state index contributed by atoms with van der Waals surface area (Å²) in [7, 11) is -3.89. The number of piperidine rings is 1. The third-order valence-corrected chi connectivity index (χ3v) is 8.50. The summed E-state index contributed by atoms with van der Waals surface area (Å²) >= 11 is 0. The second-order valence-corrected chi connectivity index (χ2v) is 11.1. The zero-order chi connectivity index (χ0) is 27.2. The van der Waals surface area contributed by atoms with E-state index in [-0.39, 0.29) is 35.5 Å². The number of hydrogen-bond donors (Lipinski definition) is 1. The molecule has 1 unspecified atom stereocenters. The van der Waals surface area contributed by atoms with E-state index >= 15 is 0 Å². The van der Waals surface area contributed by atoms with Gasteiger partial charge in [-0.15, -0.1) is 0 Å². The molecule has 1 N–H and O–H groups in total. The first-order valence-corrected chi connectivity index (χ1v) is 13.9. The van der Waals surface area contributed by atoms with Gasteiger partial charge in [-0.2, -0.15) is 8.42 Å². The maximum atomic E-state index is 13.2. The molecule has 3 aliphatic rings. The van der Waals surface area contributed by atoms with E-state index in [1.807, 2.05) is 17.9 Å². The molecule has 2 fully saturated rings. The van der Waals surface area contributed by atoms with Crippen LogP contribution in [0.3, 0.4) is 0 Å². The van der Waals surface area contributed by atoms with E-state index in [0.29, 0.717) is 31.9 Å². The van der Waals surface area contributed by atoms with Gasteiger partial charge in [-0.3, -0.25) is 33.6 Å². The smallest absolute Gasteiger partial charge is 0.299 e. The van der Waals surface area contributed by atoms with Crippen LogP contribution in [0.15, 0.2) is 41.3 Å². The summed E-state index contributed by atoms with van der Waals surface area (Å²) in [5.41, 5.74) is 2.73. The van der Waals surface area contributed by atoms with Crippen molar-refractivity contribution in [2.45, 2.75) is 37.6 Å². The summed E-state index contributed by atoms with van der Waals surface area (Å²) in [5.74, 6) is -2.16. The molecule has 38 heavy (non-hydrogen) atoms. The molecular formula is C26H28N4O7S. The minimum atomic E-state index is -3.89. The zero-order valence-electron chi connectivity index (χ0n) is 21.1. The molecule has 2 aromatic carbocycles. The van der Waals surface area contributed by atoms with Crippen molar-refractivity contribution in [2.75, 3.05) is 42.6 Å². The number of piperazine rings is 1. The van der Waals surface area contributed by atoms with Crippen molar-refractivity contribution in [3.05, 3.63) is 53.1 Å². The Labute approximate surface area is 220 Å². The zero-order valence-corrected chi connectivity index (χ0v) is 21.9. The fourth-order valence-electron chi connectivity index (χ4n) is 5.17. The average molecular weight is 541 g/mol. The van der Waals surface area contributed by atoms with Gasteiger partial charge in [0.2, 0.25) is 11.8 Å². The molecule has 200 valence electrons. The predicted molar refractivity (Wildman–Crippen MR) is 138 cm³/mol. The molecule has 2 saturated heterocycles. The Balaban J connectivity index is 1.33. The summed E-state index contributed by atoms with van der Waals surface area (Å²) in [6.45, 7) is 5.75. The number of aryl methyl sites for hydroxylation is 1. The molecule has 11 nitrogen and oxygen atoms in total. The van der Waals surface area contributed by atoms with Gasteiger partial charge in [-0.25, -0.2) is 0 Å². The van der Waals surface area contributed by atoms with Gasteiger partial charge in [0.15, 0.2) is 0 Å². The maximum absolute atomic E-state index is 13.2. The van der Waals surface area contributed by atoms with Crippen LogP contribution in [-0.2, 0) is 23.9 Å². The van der Waals surface area contributed by atoms with Crippen LogP contribution in [0.2, 0.25) is 0 Å². The summed E-state index contributed by atoms with van der Waals surface area (Å²) in [5, 5.41) is 2.20. The van der Waals surface area contributed by atoms with Crippen LogP contribution < -0.4 is 15.1 Å². The van der Waals surface area contributed by atoms with Gasteiger partial charge in [0.05, 0.1) is 23.4 Å². The predicted octanol–water partition coefficient (Wildman–Crippen LogP) is 1.45. The molecule has 4 amide bonds. The first-order valence-electron chi connectivity index (χ1n) is 12.5. The highest BCUT2D eigenvalue weighted by Gasteiger charge is 2.44. The molecule has 0 bridgehead atoms. The lowest BCUT2D eigenvalue weighted by Gasteiger charge is -2.38. The van der Waals surface area contributed by atoms with Crippen LogP contribution in [0, 0.1) is 6.92 Å². The number of amides is 4. The Morgan fingerprint density at radius 1 is 0.921 bits per heavy atom. The number of hydrogen-bond acceptors (Lipinski definition) is 9. The van der Waals surface area contributed by atoms with E-state index < -0.39 is 39.8 Å². The minimum Gasteiger partial charge on any atom is -0.368 e. The van der Waals surface area contributed by atoms with Crippen molar-refractivity contribution < 1.29 is 31.8 Å². The molecule has 1 atom stereocenters. The number of fused-ring (bicyclic) bond motifs is 1. The van der Waals surface area contributed by atoms with Crippen molar-refractivity contribution in [1.82, 2.24) is 10.2 Å². The number of rotatable bonds is 6. The standard InChI is InChI=1S/C26H28N4O7S/c1-3-37-38(35,36)22-8-4-16(2)14-21(22)29-12-10-28(11-13-29)17-5-6-18-19(15-17)26(34)30(25(18)33)20-7-9-23(31)27-24(20)32/h4-6,8,14-15,20H,3,7,9-13H2,1-2H3,(H,27,31,32). The molecule has 3 aliphatic heterocycles. The second-order valence-electron chi connectivity index (χ2n) is 9.48. The highest BCUT2D eigenvalue weighted by molar-refractivity contribution is 7.87. The fourth-order valence-corrected chi connectivity index (χ4v) is 6.28. The van der Waals surface area contributed by atoms with Gasteiger partial charge in [0.25, 0.3) is 21.9 Å². The molecule has 3 heterocycles. The Kier molecular flexibility index (Phi) is 6.70. The van der Waals surface area contributed by atoms with E-state index in [1.54, 1.807) is 37.3 Å². The molecule has 0 aliphatic carbocycles. The van der Waals surface area contributed by atoms with Gasteiger partial charge in [0.1, 0.15) is 10.9 Å². The van der Waals surface area contributed by atoms with Crippen molar-refractivity contribution in [3.63, 3.8) is 0 Å². The van der Waals surface area contributed by atoms with Gasteiger partial charge >= 0.3 is 0 Å². The summed E-state index contributed by atoms with van der Waals surface area (Å²) in [6.07, 6.45) is 0.165. The van der Waals surface area contributed by atoms with E-state index in [4.69, 9.17) is 4.18 Å². The quantitative estimate of drug-likeness (QED) is 0.427. The molecule has 0 saturated carbocycles. The van der Waals surface area contributed by atoms with Crippen LogP contribution in [0.1, 0.15) is 46.0 Å². The Hall–Kier alpha value is -3.77. The molecule has 0 radical (unpaired) electrons. The van der Waals surface area contributed by atoms with Gasteiger partial charge in [0, 0.05) is 38.3 Å². The summed E-state index contributed by atoms with van der Waals surface area (Å²) in [4.78, 5) is 55.1. The Bertz CT molecular complexity index is 1450. The topological polar surface area (TPSA) is 133 Å².